The van der Waals surface area contributed by atoms with E-state index in [9.17, 15) is 18.0 Å². The van der Waals surface area contributed by atoms with Crippen LogP contribution in [-0.2, 0) is 19.5 Å². The lowest BCUT2D eigenvalue weighted by Gasteiger charge is -2.28. The Labute approximate surface area is 241 Å². The van der Waals surface area contributed by atoms with Gasteiger partial charge in [0.15, 0.2) is 0 Å². The Morgan fingerprint density at radius 3 is 2.17 bits per heavy atom. The third-order valence-corrected chi connectivity index (χ3v) is 9.25. The van der Waals surface area contributed by atoms with Crippen LogP contribution in [-0.4, -0.2) is 49.4 Å². The number of nitrogens with zero attached hydrogens (tertiary/aromatic N) is 1. The molecule has 0 unspecified atom stereocenters. The lowest BCUT2D eigenvalue weighted by atomic mass is 9.86. The van der Waals surface area contributed by atoms with Crippen LogP contribution in [0.25, 0.3) is 10.4 Å². The molecule has 0 bridgehead atoms. The highest BCUT2D eigenvalue weighted by Gasteiger charge is 2.30. The van der Waals surface area contributed by atoms with Crippen LogP contribution in [0.2, 0.25) is 0 Å². The quantitative estimate of drug-likeness (QED) is 0.326. The maximum Gasteiger partial charge on any atom is 0.411 e. The molecule has 40 heavy (non-hydrogen) atoms. The summed E-state index contributed by atoms with van der Waals surface area (Å²) in [6.07, 6.45) is 1.81. The van der Waals surface area contributed by atoms with Crippen molar-refractivity contribution in [3.63, 3.8) is 0 Å². The summed E-state index contributed by atoms with van der Waals surface area (Å²) in [6.45, 7) is 14.3. The van der Waals surface area contributed by atoms with Gasteiger partial charge in [-0.3, -0.25) is 5.32 Å². The zero-order chi connectivity index (χ0) is 29.8. The molecule has 3 N–H and O–H groups in total. The number of alkyl carbamates (subject to hydrolysis) is 1. The van der Waals surface area contributed by atoms with Crippen molar-refractivity contribution in [3.05, 3.63) is 28.9 Å². The number of thiazole rings is 1. The summed E-state index contributed by atoms with van der Waals surface area (Å²) >= 11 is 1.49. The predicted octanol–water partition coefficient (Wildman–Crippen LogP) is 6.31. The molecule has 1 saturated carbocycles. The molecule has 0 spiro atoms. The molecule has 1 fully saturated rings. The molecule has 10 nitrogen and oxygen atoms in total. The number of carbonyl (C=O) groups excluding carboxylic acids is 2. The second-order valence-electron chi connectivity index (χ2n) is 11.8. The van der Waals surface area contributed by atoms with Crippen LogP contribution in [0.3, 0.4) is 0 Å². The molecule has 2 amide bonds. The first kappa shape index (κ1) is 31.8. The molecule has 3 rings (SSSR count). The molecule has 2 aromatic rings. The van der Waals surface area contributed by atoms with Crippen LogP contribution in [0.1, 0.15) is 90.8 Å². The summed E-state index contributed by atoms with van der Waals surface area (Å²) in [4.78, 5) is 29.8. The van der Waals surface area contributed by atoms with Crippen LogP contribution in [0.5, 0.6) is 0 Å². The highest BCUT2D eigenvalue weighted by atomic mass is 32.2. The zero-order valence-corrected chi connectivity index (χ0v) is 26.2. The lowest BCUT2D eigenvalue weighted by Crippen LogP contribution is -2.40. The SMILES string of the molecule is Cc1nc(C2CCC(NC(=O)OC(C)C)CC2)sc1-c1ccc(NC(=O)OC(C)C)cc1S(=O)(=O)NC(C)(C)C. The number of ether oxygens (including phenoxy) is 2. The minimum atomic E-state index is -3.95. The van der Waals surface area contributed by atoms with Crippen molar-refractivity contribution < 1.29 is 27.5 Å². The number of hydrogen-bond donors (Lipinski definition) is 3. The lowest BCUT2D eigenvalue weighted by molar-refractivity contribution is 0.109. The van der Waals surface area contributed by atoms with Gasteiger partial charge < -0.3 is 14.8 Å². The van der Waals surface area contributed by atoms with Gasteiger partial charge in [0.1, 0.15) is 0 Å². The number of aromatic nitrogens is 1. The van der Waals surface area contributed by atoms with Crippen molar-refractivity contribution in [1.82, 2.24) is 15.0 Å². The van der Waals surface area contributed by atoms with Gasteiger partial charge in [0.2, 0.25) is 10.0 Å². The Morgan fingerprint density at radius 1 is 1.00 bits per heavy atom. The van der Waals surface area contributed by atoms with Crippen LogP contribution in [0.4, 0.5) is 15.3 Å². The van der Waals surface area contributed by atoms with Crippen molar-refractivity contribution in [2.24, 2.45) is 0 Å². The number of amides is 2. The third kappa shape index (κ3) is 8.90. The van der Waals surface area contributed by atoms with Crippen molar-refractivity contribution in [1.29, 1.82) is 0 Å². The smallest absolute Gasteiger partial charge is 0.411 e. The van der Waals surface area contributed by atoms with Crippen LogP contribution in [0.15, 0.2) is 23.1 Å². The second kappa shape index (κ2) is 12.9. The number of nitrogens with one attached hydrogen (secondary N) is 3. The third-order valence-electron chi connectivity index (χ3n) is 6.10. The average molecular weight is 595 g/mol. The van der Waals surface area contributed by atoms with Gasteiger partial charge in [0, 0.05) is 28.7 Å². The van der Waals surface area contributed by atoms with E-state index in [2.05, 4.69) is 15.4 Å². The maximum atomic E-state index is 13.6. The number of rotatable bonds is 8. The van der Waals surface area contributed by atoms with E-state index in [0.29, 0.717) is 11.3 Å². The van der Waals surface area contributed by atoms with Gasteiger partial charge >= 0.3 is 12.2 Å². The molecule has 1 aliphatic rings. The Balaban J connectivity index is 1.88. The number of benzene rings is 1. The molecule has 0 radical (unpaired) electrons. The number of anilines is 1. The van der Waals surface area contributed by atoms with Crippen LogP contribution in [0, 0.1) is 6.92 Å². The first-order valence-corrected chi connectivity index (χ1v) is 15.9. The van der Waals surface area contributed by atoms with Gasteiger partial charge in [-0.05, 0) is 93.2 Å². The molecule has 0 saturated heterocycles. The van der Waals surface area contributed by atoms with E-state index >= 15 is 0 Å². The van der Waals surface area contributed by atoms with E-state index in [1.807, 2.05) is 20.8 Å². The number of sulfonamides is 1. The van der Waals surface area contributed by atoms with Crippen LogP contribution < -0.4 is 15.4 Å². The molecule has 1 aliphatic carbocycles. The van der Waals surface area contributed by atoms with Gasteiger partial charge in [-0.1, -0.05) is 6.07 Å². The predicted molar refractivity (Wildman–Crippen MR) is 157 cm³/mol. The van der Waals surface area contributed by atoms with Crippen molar-refractivity contribution >= 4 is 39.2 Å². The average Bonchev–Trinajstić information content (AvgIpc) is 3.18. The minimum absolute atomic E-state index is 0.0552. The van der Waals surface area contributed by atoms with E-state index in [-0.39, 0.29) is 35.2 Å². The Kier molecular flexibility index (Phi) is 10.2. The molecule has 1 heterocycles. The van der Waals surface area contributed by atoms with E-state index in [1.165, 1.54) is 17.4 Å². The summed E-state index contributed by atoms with van der Waals surface area (Å²) in [7, 11) is -3.95. The summed E-state index contributed by atoms with van der Waals surface area (Å²) < 4.78 is 40.2. The van der Waals surface area contributed by atoms with E-state index < -0.39 is 21.7 Å². The van der Waals surface area contributed by atoms with Crippen molar-refractivity contribution in [3.8, 4) is 10.4 Å². The summed E-state index contributed by atoms with van der Waals surface area (Å²) in [5.74, 6) is 0.219. The Morgan fingerprint density at radius 2 is 1.60 bits per heavy atom. The number of carbonyl (C=O) groups is 2. The van der Waals surface area contributed by atoms with E-state index in [0.717, 1.165) is 41.3 Å². The first-order valence-electron chi connectivity index (χ1n) is 13.6. The summed E-state index contributed by atoms with van der Waals surface area (Å²) in [5, 5.41) is 6.52. The van der Waals surface area contributed by atoms with E-state index in [1.54, 1.807) is 46.8 Å². The molecule has 0 atom stereocenters. The van der Waals surface area contributed by atoms with E-state index in [4.69, 9.17) is 14.5 Å². The topological polar surface area (TPSA) is 136 Å². The minimum Gasteiger partial charge on any atom is -0.447 e. The monoisotopic (exact) mass is 594 g/mol. The van der Waals surface area contributed by atoms with Gasteiger partial charge in [-0.25, -0.2) is 27.7 Å². The van der Waals surface area contributed by atoms with Gasteiger partial charge in [0.05, 0.1) is 32.7 Å². The fourth-order valence-corrected chi connectivity index (χ4v) is 7.57. The molecular formula is C28H42N4O6S2. The van der Waals surface area contributed by atoms with Crippen molar-refractivity contribution in [2.45, 2.75) is 116 Å². The first-order chi connectivity index (χ1) is 18.5. The van der Waals surface area contributed by atoms with Gasteiger partial charge in [0.25, 0.3) is 0 Å². The molecular weight excluding hydrogens is 552 g/mol. The van der Waals surface area contributed by atoms with Crippen molar-refractivity contribution in [2.75, 3.05) is 5.32 Å². The molecule has 1 aromatic heterocycles. The zero-order valence-electron chi connectivity index (χ0n) is 24.6. The highest BCUT2D eigenvalue weighted by Crippen LogP contribution is 2.42. The number of aryl methyl sites for hydroxylation is 1. The Hall–Kier alpha value is -2.70. The second-order valence-corrected chi connectivity index (χ2v) is 14.4. The summed E-state index contributed by atoms with van der Waals surface area (Å²) in [6, 6.07) is 4.88. The largest absolute Gasteiger partial charge is 0.447 e. The fourth-order valence-electron chi connectivity index (χ4n) is 4.57. The van der Waals surface area contributed by atoms with Gasteiger partial charge in [-0.15, -0.1) is 11.3 Å². The molecule has 1 aromatic carbocycles. The number of hydrogen-bond acceptors (Lipinski definition) is 8. The Bertz CT molecular complexity index is 1310. The standard InChI is InChI=1S/C28H42N4O6S2/c1-16(2)37-26(33)30-20-11-9-19(10-12-20)25-29-18(5)24(39-25)22-14-13-21(31-27(34)38-17(3)4)15-23(22)40(35,36)32-28(6,7)8/h13-17,19-20,32H,9-12H2,1-8H3,(H,30,33)(H,31,34). The summed E-state index contributed by atoms with van der Waals surface area (Å²) in [5.41, 5.74) is 0.867. The van der Waals surface area contributed by atoms with Crippen LogP contribution >= 0.6 is 11.3 Å². The normalized spacial score (nSPS) is 18.1. The molecule has 0 aliphatic heterocycles. The highest BCUT2D eigenvalue weighted by molar-refractivity contribution is 7.89. The molecule has 12 heteroatoms. The maximum absolute atomic E-state index is 13.6. The molecule has 222 valence electrons. The van der Waals surface area contributed by atoms with Gasteiger partial charge in [-0.2, -0.15) is 0 Å². The fraction of sp³-hybridized carbons (Fsp3) is 0.607.